The largest absolute Gasteiger partial charge is 0.377 e. The number of aliphatic hydroxyl groups excluding tert-OH is 1. The summed E-state index contributed by atoms with van der Waals surface area (Å²) in [5.41, 5.74) is 0.727. The molecule has 1 aromatic rings. The van der Waals surface area contributed by atoms with E-state index in [0.29, 0.717) is 13.1 Å². The van der Waals surface area contributed by atoms with Crippen LogP contribution in [0, 0.1) is 0 Å². The van der Waals surface area contributed by atoms with Gasteiger partial charge in [0.1, 0.15) is 6.23 Å². The smallest absolute Gasteiger partial charge is 0.218 e. The number of piperazine rings is 1. The molecule has 1 unspecified atom stereocenters. The molecule has 0 bridgehead atoms. The molecule has 1 aromatic carbocycles. The number of β-amino-alcohol motifs (C(OH)–C–C–N with tert-alkyl or cyclic N) is 1. The van der Waals surface area contributed by atoms with Gasteiger partial charge < -0.3 is 5.11 Å². The fraction of sp³-hybridized carbons (Fsp3) is 0.455. The summed E-state index contributed by atoms with van der Waals surface area (Å²) >= 11 is 3.34. The van der Waals surface area contributed by atoms with Crippen LogP contribution in [0.5, 0.6) is 0 Å². The summed E-state index contributed by atoms with van der Waals surface area (Å²) in [6, 6.07) is 7.24. The zero-order valence-corrected chi connectivity index (χ0v) is 12.1. The van der Waals surface area contributed by atoms with Crippen LogP contribution in [0.3, 0.4) is 0 Å². The Hall–Kier alpha value is -0.470. The molecule has 18 heavy (non-hydrogen) atoms. The van der Waals surface area contributed by atoms with Crippen molar-refractivity contribution in [1.29, 1.82) is 0 Å². The first-order chi connectivity index (χ1) is 8.49. The molecule has 1 fully saturated rings. The molecule has 0 aliphatic carbocycles. The predicted octanol–water partition coefficient (Wildman–Crippen LogP) is 0.503. The molecule has 1 saturated heterocycles. The molecule has 1 atom stereocenters. The summed E-state index contributed by atoms with van der Waals surface area (Å²) in [5.74, 6) is -0.0544. The van der Waals surface area contributed by atoms with Gasteiger partial charge in [-0.3, -0.25) is 5.32 Å². The number of aliphatic hydroxyl groups is 1. The van der Waals surface area contributed by atoms with Crippen LogP contribution in [0.2, 0.25) is 0 Å². The predicted molar refractivity (Wildman–Crippen MR) is 72.3 cm³/mol. The molecule has 1 aliphatic heterocycles. The van der Waals surface area contributed by atoms with Crippen LogP contribution in [0.1, 0.15) is 5.56 Å². The molecule has 2 N–H and O–H groups in total. The second-order valence-corrected chi connectivity index (χ2v) is 7.00. The highest BCUT2D eigenvalue weighted by Crippen LogP contribution is 2.20. The highest BCUT2D eigenvalue weighted by molar-refractivity contribution is 9.10. The molecule has 7 heteroatoms. The van der Waals surface area contributed by atoms with Gasteiger partial charge >= 0.3 is 0 Å². The van der Waals surface area contributed by atoms with Crippen LogP contribution in [0.4, 0.5) is 0 Å². The number of halogens is 1. The van der Waals surface area contributed by atoms with E-state index in [4.69, 9.17) is 0 Å². The Balaban J connectivity index is 2.14. The molecule has 0 amide bonds. The minimum absolute atomic E-state index is 0.0544. The lowest BCUT2D eigenvalue weighted by molar-refractivity contribution is 0.0879. The standard InChI is InChI=1S/C11H15BrN2O3S/c12-10-4-2-1-3-9(10)8-18(16,17)14-6-5-13-11(15)7-14/h1-4,11,13,15H,5-8H2. The van der Waals surface area contributed by atoms with Crippen molar-refractivity contribution in [2.45, 2.75) is 12.0 Å². The Kier molecular flexibility index (Phi) is 4.39. The van der Waals surface area contributed by atoms with E-state index in [9.17, 15) is 13.5 Å². The van der Waals surface area contributed by atoms with Gasteiger partial charge in [0.25, 0.3) is 0 Å². The van der Waals surface area contributed by atoms with Crippen LogP contribution >= 0.6 is 15.9 Å². The van der Waals surface area contributed by atoms with Gasteiger partial charge in [-0.25, -0.2) is 8.42 Å². The van der Waals surface area contributed by atoms with Crippen molar-refractivity contribution in [2.75, 3.05) is 19.6 Å². The topological polar surface area (TPSA) is 69.6 Å². The highest BCUT2D eigenvalue weighted by atomic mass is 79.9. The molecule has 5 nitrogen and oxygen atoms in total. The second-order valence-electron chi connectivity index (χ2n) is 4.18. The van der Waals surface area contributed by atoms with E-state index in [1.165, 1.54) is 4.31 Å². The van der Waals surface area contributed by atoms with Gasteiger partial charge in [-0.2, -0.15) is 4.31 Å². The van der Waals surface area contributed by atoms with Gasteiger partial charge in [0.15, 0.2) is 0 Å². The van der Waals surface area contributed by atoms with Crippen LogP contribution in [0.25, 0.3) is 0 Å². The summed E-state index contributed by atoms with van der Waals surface area (Å²) in [6.45, 7) is 0.965. The van der Waals surface area contributed by atoms with E-state index in [1.54, 1.807) is 6.07 Å². The molecule has 100 valence electrons. The summed E-state index contributed by atoms with van der Waals surface area (Å²) in [7, 11) is -3.39. The van der Waals surface area contributed by atoms with Crippen LogP contribution in [-0.2, 0) is 15.8 Å². The summed E-state index contributed by atoms with van der Waals surface area (Å²) < 4.78 is 26.5. The van der Waals surface area contributed by atoms with Gasteiger partial charge in [0, 0.05) is 17.6 Å². The number of benzene rings is 1. The minimum atomic E-state index is -3.39. The van der Waals surface area contributed by atoms with Gasteiger partial charge in [0.05, 0.1) is 12.3 Å². The Morgan fingerprint density at radius 3 is 2.83 bits per heavy atom. The lowest BCUT2D eigenvalue weighted by Gasteiger charge is -2.30. The third-order valence-corrected chi connectivity index (χ3v) is 5.37. The van der Waals surface area contributed by atoms with Crippen LogP contribution < -0.4 is 5.32 Å². The molecular weight excluding hydrogens is 320 g/mol. The lowest BCUT2D eigenvalue weighted by Crippen LogP contribution is -2.52. The van der Waals surface area contributed by atoms with E-state index in [0.717, 1.165) is 10.0 Å². The molecule has 0 radical (unpaired) electrons. The minimum Gasteiger partial charge on any atom is -0.377 e. The van der Waals surface area contributed by atoms with Gasteiger partial charge in [-0.05, 0) is 11.6 Å². The number of nitrogens with one attached hydrogen (secondary N) is 1. The maximum absolute atomic E-state index is 12.2. The Bertz CT molecular complexity index is 521. The van der Waals surface area contributed by atoms with Crippen molar-refractivity contribution >= 4 is 26.0 Å². The zero-order valence-electron chi connectivity index (χ0n) is 9.71. The molecule has 1 heterocycles. The molecular formula is C11H15BrN2O3S. The monoisotopic (exact) mass is 334 g/mol. The molecule has 1 aliphatic rings. The van der Waals surface area contributed by atoms with Crippen molar-refractivity contribution in [1.82, 2.24) is 9.62 Å². The van der Waals surface area contributed by atoms with Gasteiger partial charge in [-0.15, -0.1) is 0 Å². The van der Waals surface area contributed by atoms with Crippen molar-refractivity contribution in [3.63, 3.8) is 0 Å². The zero-order chi connectivity index (χ0) is 13.2. The van der Waals surface area contributed by atoms with Crippen LogP contribution in [-0.4, -0.2) is 43.7 Å². The fourth-order valence-electron chi connectivity index (χ4n) is 1.86. The summed E-state index contributed by atoms with van der Waals surface area (Å²) in [6.07, 6.45) is -0.785. The summed E-state index contributed by atoms with van der Waals surface area (Å²) in [4.78, 5) is 0. The van der Waals surface area contributed by atoms with E-state index in [1.807, 2.05) is 18.2 Å². The SMILES string of the molecule is O=S(=O)(Cc1ccccc1Br)N1CCNC(O)C1. The molecule has 0 aromatic heterocycles. The Morgan fingerprint density at radius 2 is 2.17 bits per heavy atom. The van der Waals surface area contributed by atoms with E-state index < -0.39 is 16.3 Å². The van der Waals surface area contributed by atoms with Crippen LogP contribution in [0.15, 0.2) is 28.7 Å². The molecule has 0 saturated carbocycles. The molecule has 2 rings (SSSR count). The summed E-state index contributed by atoms with van der Waals surface area (Å²) in [5, 5.41) is 12.2. The van der Waals surface area contributed by atoms with Gasteiger partial charge in [-0.1, -0.05) is 34.1 Å². The number of hydrogen-bond acceptors (Lipinski definition) is 4. The average molecular weight is 335 g/mol. The first-order valence-corrected chi connectivity index (χ1v) is 8.02. The van der Waals surface area contributed by atoms with E-state index in [2.05, 4.69) is 21.2 Å². The lowest BCUT2D eigenvalue weighted by atomic mass is 10.2. The Morgan fingerprint density at radius 1 is 1.44 bits per heavy atom. The third-order valence-electron chi connectivity index (χ3n) is 2.81. The van der Waals surface area contributed by atoms with Crippen molar-refractivity contribution in [3.8, 4) is 0 Å². The van der Waals surface area contributed by atoms with Crippen molar-refractivity contribution < 1.29 is 13.5 Å². The normalized spacial score (nSPS) is 22.0. The molecule has 0 spiro atoms. The average Bonchev–Trinajstić information content (AvgIpc) is 2.32. The number of hydrogen-bond donors (Lipinski definition) is 2. The number of rotatable bonds is 3. The second kappa shape index (κ2) is 5.66. The third kappa shape index (κ3) is 3.30. The van der Waals surface area contributed by atoms with Gasteiger partial charge in [0.2, 0.25) is 10.0 Å². The number of nitrogens with zero attached hydrogens (tertiary/aromatic N) is 1. The fourth-order valence-corrected chi connectivity index (χ4v) is 4.04. The van der Waals surface area contributed by atoms with E-state index in [-0.39, 0.29) is 12.3 Å². The van der Waals surface area contributed by atoms with E-state index >= 15 is 0 Å². The quantitative estimate of drug-likeness (QED) is 0.844. The highest BCUT2D eigenvalue weighted by Gasteiger charge is 2.28. The Labute approximate surface area is 115 Å². The first kappa shape index (κ1) is 14.0. The van der Waals surface area contributed by atoms with Crippen molar-refractivity contribution in [3.05, 3.63) is 34.3 Å². The first-order valence-electron chi connectivity index (χ1n) is 5.62. The maximum atomic E-state index is 12.2. The van der Waals surface area contributed by atoms with Crippen molar-refractivity contribution in [2.24, 2.45) is 0 Å². The number of sulfonamides is 1. The maximum Gasteiger partial charge on any atom is 0.218 e.